The van der Waals surface area contributed by atoms with E-state index in [1.165, 1.54) is 0 Å². The number of benzene rings is 1. The predicted molar refractivity (Wildman–Crippen MR) is 75.9 cm³/mol. The molecule has 0 saturated carbocycles. The molecule has 0 aliphatic rings. The van der Waals surface area contributed by atoms with Crippen LogP contribution in [0, 0.1) is 13.8 Å². The van der Waals surface area contributed by atoms with Gasteiger partial charge < -0.3 is 5.11 Å². The van der Waals surface area contributed by atoms with Crippen LogP contribution in [0.5, 0.6) is 0 Å². The van der Waals surface area contributed by atoms with E-state index in [2.05, 4.69) is 14.9 Å². The Balaban J connectivity index is 2.29. The summed E-state index contributed by atoms with van der Waals surface area (Å²) in [5.41, 5.74) is 2.09. The third kappa shape index (κ3) is 2.83. The second-order valence-corrected chi connectivity index (χ2v) is 6.29. The summed E-state index contributed by atoms with van der Waals surface area (Å²) in [7, 11) is -3.67. The first-order valence-corrected chi connectivity index (χ1v) is 7.62. The maximum atomic E-state index is 12.3. The van der Waals surface area contributed by atoms with Gasteiger partial charge in [0.05, 0.1) is 17.5 Å². The van der Waals surface area contributed by atoms with Crippen molar-refractivity contribution < 1.29 is 13.5 Å². The van der Waals surface area contributed by atoms with E-state index in [1.807, 2.05) is 0 Å². The van der Waals surface area contributed by atoms with Crippen LogP contribution in [0.15, 0.2) is 29.2 Å². The maximum Gasteiger partial charge on any atom is 0.265 e. The number of nitrogens with one attached hydrogen (secondary N) is 2. The molecular weight excluding hydrogens is 278 g/mol. The molecule has 0 radical (unpaired) electrons. The topological polar surface area (TPSA) is 95.1 Å². The van der Waals surface area contributed by atoms with Gasteiger partial charge in [0, 0.05) is 5.69 Å². The molecule has 7 heteroatoms. The Morgan fingerprint density at radius 1 is 1.25 bits per heavy atom. The van der Waals surface area contributed by atoms with Crippen LogP contribution in [-0.2, 0) is 10.0 Å². The van der Waals surface area contributed by atoms with Gasteiger partial charge >= 0.3 is 0 Å². The van der Waals surface area contributed by atoms with Crippen LogP contribution in [0.2, 0.25) is 0 Å². The Bertz CT molecular complexity index is 683. The Morgan fingerprint density at radius 2 is 1.85 bits per heavy atom. The summed E-state index contributed by atoms with van der Waals surface area (Å²) < 4.78 is 27.1. The number of hydrogen-bond donors (Lipinski definition) is 3. The predicted octanol–water partition coefficient (Wildman–Crippen LogP) is 1.88. The number of aromatic amines is 1. The standard InChI is InChI=1S/C13H17N3O3S/c1-8-13(9(2)15-14-8)20(18,19)16-12-6-4-11(5-7-12)10(3)17/h4-7,10,16-17H,1-3H3,(H,14,15). The number of H-pyrrole nitrogens is 1. The number of aliphatic hydroxyl groups excluding tert-OH is 1. The molecule has 0 saturated heterocycles. The number of aromatic nitrogens is 2. The van der Waals surface area contributed by atoms with Crippen molar-refractivity contribution in [2.75, 3.05) is 4.72 Å². The van der Waals surface area contributed by atoms with E-state index < -0.39 is 16.1 Å². The van der Waals surface area contributed by atoms with Gasteiger partial charge in [-0.1, -0.05) is 12.1 Å². The largest absolute Gasteiger partial charge is 0.389 e. The number of aliphatic hydroxyl groups is 1. The van der Waals surface area contributed by atoms with Crippen LogP contribution in [-0.4, -0.2) is 23.7 Å². The fourth-order valence-electron chi connectivity index (χ4n) is 1.97. The van der Waals surface area contributed by atoms with Crippen molar-refractivity contribution in [2.45, 2.75) is 31.8 Å². The second-order valence-electron chi connectivity index (χ2n) is 4.67. The smallest absolute Gasteiger partial charge is 0.265 e. The molecule has 20 heavy (non-hydrogen) atoms. The first-order chi connectivity index (χ1) is 9.31. The van der Waals surface area contributed by atoms with Gasteiger partial charge in [-0.25, -0.2) is 8.42 Å². The summed E-state index contributed by atoms with van der Waals surface area (Å²) in [6.07, 6.45) is -0.584. The van der Waals surface area contributed by atoms with Gasteiger partial charge in [0.2, 0.25) is 0 Å². The molecule has 1 heterocycles. The minimum absolute atomic E-state index is 0.164. The van der Waals surface area contributed by atoms with Crippen LogP contribution < -0.4 is 4.72 Å². The number of nitrogens with zero attached hydrogens (tertiary/aromatic N) is 1. The fraction of sp³-hybridized carbons (Fsp3) is 0.308. The zero-order valence-corrected chi connectivity index (χ0v) is 12.3. The normalized spacial score (nSPS) is 13.2. The lowest BCUT2D eigenvalue weighted by Gasteiger charge is -2.10. The van der Waals surface area contributed by atoms with Gasteiger partial charge in [0.25, 0.3) is 10.0 Å². The highest BCUT2D eigenvalue weighted by atomic mass is 32.2. The molecule has 108 valence electrons. The van der Waals surface area contributed by atoms with Crippen molar-refractivity contribution in [3.63, 3.8) is 0 Å². The summed E-state index contributed by atoms with van der Waals surface area (Å²) in [5, 5.41) is 16.0. The highest BCUT2D eigenvalue weighted by Gasteiger charge is 2.22. The molecule has 2 aromatic rings. The highest BCUT2D eigenvalue weighted by molar-refractivity contribution is 7.92. The molecule has 2 rings (SSSR count). The lowest BCUT2D eigenvalue weighted by Crippen LogP contribution is -2.14. The zero-order valence-electron chi connectivity index (χ0n) is 11.5. The van der Waals surface area contributed by atoms with Crippen LogP contribution in [0.3, 0.4) is 0 Å². The molecule has 0 bridgehead atoms. The molecule has 1 aromatic heterocycles. The minimum Gasteiger partial charge on any atom is -0.389 e. The van der Waals surface area contributed by atoms with Crippen LogP contribution in [0.4, 0.5) is 5.69 Å². The minimum atomic E-state index is -3.67. The molecule has 3 N–H and O–H groups in total. The van der Waals surface area contributed by atoms with Gasteiger partial charge in [-0.15, -0.1) is 0 Å². The van der Waals surface area contributed by atoms with E-state index in [4.69, 9.17) is 0 Å². The molecule has 1 atom stereocenters. The Morgan fingerprint density at radius 3 is 2.30 bits per heavy atom. The Hall–Kier alpha value is -1.86. The third-order valence-corrected chi connectivity index (χ3v) is 4.62. The molecular formula is C13H17N3O3S. The molecule has 0 fully saturated rings. The Labute approximate surface area is 117 Å². The van der Waals surface area contributed by atoms with E-state index in [0.29, 0.717) is 17.1 Å². The SMILES string of the molecule is Cc1n[nH]c(C)c1S(=O)(=O)Nc1ccc(C(C)O)cc1. The Kier molecular flexibility index (Phi) is 3.82. The van der Waals surface area contributed by atoms with Crippen molar-refractivity contribution >= 4 is 15.7 Å². The number of rotatable bonds is 4. The van der Waals surface area contributed by atoms with E-state index in [-0.39, 0.29) is 4.90 Å². The molecule has 1 unspecified atom stereocenters. The highest BCUT2D eigenvalue weighted by Crippen LogP contribution is 2.22. The fourth-order valence-corrected chi connectivity index (χ4v) is 3.40. The summed E-state index contributed by atoms with van der Waals surface area (Å²) >= 11 is 0. The second kappa shape index (κ2) is 5.26. The first-order valence-electron chi connectivity index (χ1n) is 6.13. The zero-order chi connectivity index (χ0) is 14.9. The van der Waals surface area contributed by atoms with Gasteiger partial charge in [0.1, 0.15) is 4.90 Å². The number of hydrogen-bond acceptors (Lipinski definition) is 4. The summed E-state index contributed by atoms with van der Waals surface area (Å²) in [5.74, 6) is 0. The lowest BCUT2D eigenvalue weighted by atomic mass is 10.1. The van der Waals surface area contributed by atoms with Gasteiger partial charge in [0.15, 0.2) is 0 Å². The van der Waals surface area contributed by atoms with E-state index in [9.17, 15) is 13.5 Å². The quantitative estimate of drug-likeness (QED) is 0.802. The molecule has 0 amide bonds. The lowest BCUT2D eigenvalue weighted by molar-refractivity contribution is 0.199. The van der Waals surface area contributed by atoms with Gasteiger partial charge in [-0.05, 0) is 38.5 Å². The third-order valence-electron chi connectivity index (χ3n) is 2.97. The average Bonchev–Trinajstić information content (AvgIpc) is 2.69. The van der Waals surface area contributed by atoms with Gasteiger partial charge in [-0.3, -0.25) is 9.82 Å². The number of sulfonamides is 1. The van der Waals surface area contributed by atoms with E-state index in [1.54, 1.807) is 45.0 Å². The average molecular weight is 295 g/mol. The summed E-state index contributed by atoms with van der Waals surface area (Å²) in [6.45, 7) is 4.94. The summed E-state index contributed by atoms with van der Waals surface area (Å²) in [4.78, 5) is 0.164. The van der Waals surface area contributed by atoms with Crippen molar-refractivity contribution in [1.29, 1.82) is 0 Å². The van der Waals surface area contributed by atoms with E-state index in [0.717, 1.165) is 5.56 Å². The molecule has 6 nitrogen and oxygen atoms in total. The maximum absolute atomic E-state index is 12.3. The van der Waals surface area contributed by atoms with Crippen LogP contribution in [0.1, 0.15) is 30.0 Å². The molecule has 0 spiro atoms. The first kappa shape index (κ1) is 14.5. The molecule has 1 aromatic carbocycles. The van der Waals surface area contributed by atoms with Crippen LogP contribution in [0.25, 0.3) is 0 Å². The van der Waals surface area contributed by atoms with Gasteiger partial charge in [-0.2, -0.15) is 5.10 Å². The van der Waals surface area contributed by atoms with E-state index >= 15 is 0 Å². The monoisotopic (exact) mass is 295 g/mol. The van der Waals surface area contributed by atoms with Crippen molar-refractivity contribution in [3.8, 4) is 0 Å². The number of anilines is 1. The van der Waals surface area contributed by atoms with Crippen molar-refractivity contribution in [2.24, 2.45) is 0 Å². The van der Waals surface area contributed by atoms with Crippen molar-refractivity contribution in [1.82, 2.24) is 10.2 Å². The molecule has 0 aliphatic carbocycles. The van der Waals surface area contributed by atoms with Crippen molar-refractivity contribution in [3.05, 3.63) is 41.2 Å². The molecule has 0 aliphatic heterocycles. The summed E-state index contributed by atoms with van der Waals surface area (Å²) in [6, 6.07) is 6.59. The number of aryl methyl sites for hydroxylation is 2. The van der Waals surface area contributed by atoms with Crippen LogP contribution >= 0.6 is 0 Å².